The fraction of sp³-hybridized carbons (Fsp3) is 0.133. The molecule has 0 aliphatic carbocycles. The number of hydrogen-bond donors (Lipinski definition) is 1. The predicted octanol–water partition coefficient (Wildman–Crippen LogP) is 4.97. The minimum atomic E-state index is -0.138. The molecule has 0 aliphatic heterocycles. The van der Waals surface area contributed by atoms with E-state index in [4.69, 9.17) is 11.6 Å². The lowest BCUT2D eigenvalue weighted by Gasteiger charge is -2.10. The maximum atomic E-state index is 12.2. The number of rotatable bonds is 2. The lowest BCUT2D eigenvalue weighted by Crippen LogP contribution is -2.13. The minimum absolute atomic E-state index is 0.138. The monoisotopic (exact) mass is 337 g/mol. The highest BCUT2D eigenvalue weighted by atomic mass is 79.9. The molecule has 98 valence electrons. The van der Waals surface area contributed by atoms with Crippen LogP contribution >= 0.6 is 27.5 Å². The summed E-state index contributed by atoms with van der Waals surface area (Å²) >= 11 is 9.36. The fourth-order valence-corrected chi connectivity index (χ4v) is 2.40. The first-order valence-corrected chi connectivity index (χ1v) is 6.99. The van der Waals surface area contributed by atoms with Gasteiger partial charge in [0, 0.05) is 5.56 Å². The molecule has 2 rings (SSSR count). The first-order chi connectivity index (χ1) is 8.99. The van der Waals surface area contributed by atoms with Crippen LogP contribution in [0.25, 0.3) is 0 Å². The molecule has 4 heteroatoms. The van der Waals surface area contributed by atoms with Crippen molar-refractivity contribution in [3.8, 4) is 0 Å². The maximum Gasteiger partial charge on any atom is 0.255 e. The van der Waals surface area contributed by atoms with Crippen LogP contribution in [0, 0.1) is 13.8 Å². The van der Waals surface area contributed by atoms with Gasteiger partial charge < -0.3 is 5.32 Å². The predicted molar refractivity (Wildman–Crippen MR) is 83.0 cm³/mol. The van der Waals surface area contributed by atoms with Gasteiger partial charge in [0.25, 0.3) is 5.91 Å². The zero-order chi connectivity index (χ0) is 14.0. The lowest BCUT2D eigenvalue weighted by molar-refractivity contribution is 0.102. The fourth-order valence-electron chi connectivity index (χ4n) is 1.86. The highest BCUT2D eigenvalue weighted by Crippen LogP contribution is 2.30. The molecule has 0 atom stereocenters. The van der Waals surface area contributed by atoms with Crippen molar-refractivity contribution in [3.05, 3.63) is 62.6 Å². The summed E-state index contributed by atoms with van der Waals surface area (Å²) in [6, 6.07) is 11.1. The second-order valence-electron chi connectivity index (χ2n) is 4.37. The number of aryl methyl sites for hydroxylation is 2. The zero-order valence-electron chi connectivity index (χ0n) is 10.6. The van der Waals surface area contributed by atoms with Gasteiger partial charge >= 0.3 is 0 Å². The van der Waals surface area contributed by atoms with Gasteiger partial charge in [-0.15, -0.1) is 0 Å². The summed E-state index contributed by atoms with van der Waals surface area (Å²) in [5.74, 6) is -0.138. The molecule has 0 aliphatic rings. The molecule has 0 bridgehead atoms. The Morgan fingerprint density at radius 1 is 1.21 bits per heavy atom. The minimum Gasteiger partial charge on any atom is -0.321 e. The average molecular weight is 339 g/mol. The van der Waals surface area contributed by atoms with Gasteiger partial charge in [0.15, 0.2) is 0 Å². The molecule has 2 aromatic rings. The number of carbonyl (C=O) groups is 1. The van der Waals surface area contributed by atoms with Gasteiger partial charge in [0.2, 0.25) is 0 Å². The van der Waals surface area contributed by atoms with Gasteiger partial charge in [0.05, 0.1) is 15.2 Å². The van der Waals surface area contributed by atoms with Crippen LogP contribution in [0.3, 0.4) is 0 Å². The summed E-state index contributed by atoms with van der Waals surface area (Å²) in [6.07, 6.45) is 0. The highest BCUT2D eigenvalue weighted by molar-refractivity contribution is 9.10. The normalized spacial score (nSPS) is 10.3. The summed E-state index contributed by atoms with van der Waals surface area (Å²) in [5, 5.41) is 3.43. The standard InChI is InChI=1S/C15H13BrClNO/c1-9-6-7-11(10(2)8-9)15(19)18-13-5-3-4-12(17)14(13)16/h3-8H,1-2H3,(H,18,19). The van der Waals surface area contributed by atoms with Crippen molar-refractivity contribution in [2.75, 3.05) is 5.32 Å². The number of carbonyl (C=O) groups excluding carboxylic acids is 1. The van der Waals surface area contributed by atoms with Gasteiger partial charge in [0.1, 0.15) is 0 Å². The van der Waals surface area contributed by atoms with Crippen molar-refractivity contribution in [1.82, 2.24) is 0 Å². The molecule has 0 saturated carbocycles. The molecule has 0 radical (unpaired) electrons. The van der Waals surface area contributed by atoms with E-state index in [0.717, 1.165) is 11.1 Å². The van der Waals surface area contributed by atoms with E-state index in [2.05, 4.69) is 21.2 Å². The number of halogens is 2. The molecule has 0 spiro atoms. The van der Waals surface area contributed by atoms with Gasteiger partial charge in [-0.1, -0.05) is 35.4 Å². The van der Waals surface area contributed by atoms with E-state index in [1.807, 2.05) is 32.0 Å². The first-order valence-electron chi connectivity index (χ1n) is 5.81. The van der Waals surface area contributed by atoms with Gasteiger partial charge in [-0.05, 0) is 53.5 Å². The Hall–Kier alpha value is -1.32. The van der Waals surface area contributed by atoms with Crippen molar-refractivity contribution >= 4 is 39.1 Å². The van der Waals surface area contributed by atoms with Crippen molar-refractivity contribution in [3.63, 3.8) is 0 Å². The van der Waals surface area contributed by atoms with E-state index >= 15 is 0 Å². The van der Waals surface area contributed by atoms with Gasteiger partial charge in [-0.25, -0.2) is 0 Å². The van der Waals surface area contributed by atoms with Crippen molar-refractivity contribution < 1.29 is 4.79 Å². The molecular weight excluding hydrogens is 326 g/mol. The van der Waals surface area contributed by atoms with Crippen LogP contribution in [0.2, 0.25) is 5.02 Å². The molecule has 0 aromatic heterocycles. The third-order valence-corrected chi connectivity index (χ3v) is 4.22. The molecule has 0 saturated heterocycles. The molecule has 1 amide bonds. The Labute approximate surface area is 125 Å². The molecule has 19 heavy (non-hydrogen) atoms. The quantitative estimate of drug-likeness (QED) is 0.823. The second-order valence-corrected chi connectivity index (χ2v) is 5.57. The Kier molecular flexibility index (Phi) is 4.27. The van der Waals surface area contributed by atoms with Crippen molar-refractivity contribution in [2.45, 2.75) is 13.8 Å². The van der Waals surface area contributed by atoms with Crippen LogP contribution in [0.5, 0.6) is 0 Å². The van der Waals surface area contributed by atoms with Gasteiger partial charge in [-0.3, -0.25) is 4.79 Å². The lowest BCUT2D eigenvalue weighted by atomic mass is 10.1. The molecule has 2 aromatic carbocycles. The van der Waals surface area contributed by atoms with Crippen LogP contribution in [-0.2, 0) is 0 Å². The Balaban J connectivity index is 2.28. The SMILES string of the molecule is Cc1ccc(C(=O)Nc2cccc(Cl)c2Br)c(C)c1. The molecule has 0 fully saturated rings. The highest BCUT2D eigenvalue weighted by Gasteiger charge is 2.11. The summed E-state index contributed by atoms with van der Waals surface area (Å²) < 4.78 is 0.690. The number of amides is 1. The Bertz CT molecular complexity index is 640. The Morgan fingerprint density at radius 2 is 1.95 bits per heavy atom. The van der Waals surface area contributed by atoms with Crippen LogP contribution in [0.4, 0.5) is 5.69 Å². The van der Waals surface area contributed by atoms with E-state index in [1.54, 1.807) is 18.2 Å². The topological polar surface area (TPSA) is 29.1 Å². The summed E-state index contributed by atoms with van der Waals surface area (Å²) in [4.78, 5) is 12.2. The van der Waals surface area contributed by atoms with Gasteiger partial charge in [-0.2, -0.15) is 0 Å². The number of benzene rings is 2. The van der Waals surface area contributed by atoms with Crippen LogP contribution in [-0.4, -0.2) is 5.91 Å². The molecular formula is C15H13BrClNO. The van der Waals surface area contributed by atoms with E-state index in [0.29, 0.717) is 20.7 Å². The number of nitrogens with one attached hydrogen (secondary N) is 1. The summed E-state index contributed by atoms with van der Waals surface area (Å²) in [7, 11) is 0. The summed E-state index contributed by atoms with van der Waals surface area (Å²) in [5.41, 5.74) is 3.42. The molecule has 0 unspecified atom stereocenters. The number of anilines is 1. The van der Waals surface area contributed by atoms with E-state index in [9.17, 15) is 4.79 Å². The zero-order valence-corrected chi connectivity index (χ0v) is 13.0. The van der Waals surface area contributed by atoms with Crippen LogP contribution in [0.15, 0.2) is 40.9 Å². The third kappa shape index (κ3) is 3.17. The summed E-state index contributed by atoms with van der Waals surface area (Å²) in [6.45, 7) is 3.93. The first kappa shape index (κ1) is 14.1. The van der Waals surface area contributed by atoms with Crippen LogP contribution in [0.1, 0.15) is 21.5 Å². The number of hydrogen-bond acceptors (Lipinski definition) is 1. The largest absolute Gasteiger partial charge is 0.321 e. The van der Waals surface area contributed by atoms with Crippen molar-refractivity contribution in [2.24, 2.45) is 0 Å². The molecule has 2 nitrogen and oxygen atoms in total. The smallest absolute Gasteiger partial charge is 0.255 e. The average Bonchev–Trinajstić information content (AvgIpc) is 2.34. The van der Waals surface area contributed by atoms with Crippen molar-refractivity contribution in [1.29, 1.82) is 0 Å². The van der Waals surface area contributed by atoms with E-state index in [-0.39, 0.29) is 5.91 Å². The maximum absolute atomic E-state index is 12.2. The molecule has 0 heterocycles. The van der Waals surface area contributed by atoms with E-state index in [1.165, 1.54) is 0 Å². The van der Waals surface area contributed by atoms with Crippen LogP contribution < -0.4 is 5.32 Å². The van der Waals surface area contributed by atoms with E-state index < -0.39 is 0 Å². The Morgan fingerprint density at radius 3 is 2.63 bits per heavy atom. The third-order valence-electron chi connectivity index (χ3n) is 2.83. The second kappa shape index (κ2) is 5.76. The molecule has 1 N–H and O–H groups in total.